The van der Waals surface area contributed by atoms with Crippen LogP contribution in [-0.2, 0) is 21.1 Å². The van der Waals surface area contributed by atoms with Gasteiger partial charge in [-0.25, -0.2) is 8.42 Å². The molecule has 1 aliphatic rings. The molecule has 0 amide bonds. The Morgan fingerprint density at radius 2 is 2.00 bits per heavy atom. The lowest BCUT2D eigenvalue weighted by Crippen LogP contribution is -2.26. The summed E-state index contributed by atoms with van der Waals surface area (Å²) in [6, 6.07) is 9.34. The SMILES string of the molecule is O=C(O)C(Cc1ccccc1)C1CCS(=O)(=O)C1. The Kier molecular flexibility index (Phi) is 3.71. The third kappa shape index (κ3) is 3.10. The van der Waals surface area contributed by atoms with Crippen LogP contribution in [-0.4, -0.2) is 31.0 Å². The molecule has 0 radical (unpaired) electrons. The van der Waals surface area contributed by atoms with Crippen LogP contribution in [0.15, 0.2) is 30.3 Å². The normalized spacial score (nSPS) is 23.7. The first-order valence-electron chi connectivity index (χ1n) is 5.95. The van der Waals surface area contributed by atoms with Gasteiger partial charge in [-0.15, -0.1) is 0 Å². The topological polar surface area (TPSA) is 71.4 Å². The molecule has 2 rings (SSSR count). The van der Waals surface area contributed by atoms with Gasteiger partial charge in [0, 0.05) is 0 Å². The molecule has 1 aromatic carbocycles. The number of hydrogen-bond acceptors (Lipinski definition) is 3. The van der Waals surface area contributed by atoms with Crippen LogP contribution in [0.5, 0.6) is 0 Å². The first-order chi connectivity index (χ1) is 8.48. The van der Waals surface area contributed by atoms with Gasteiger partial charge in [-0.2, -0.15) is 0 Å². The molecule has 2 unspecified atom stereocenters. The first kappa shape index (κ1) is 13.1. The van der Waals surface area contributed by atoms with Gasteiger partial charge in [0.15, 0.2) is 9.84 Å². The Bertz CT molecular complexity index is 521. The molecular formula is C13H16O4S. The molecule has 0 bridgehead atoms. The van der Waals surface area contributed by atoms with Gasteiger partial charge in [0.05, 0.1) is 17.4 Å². The lowest BCUT2D eigenvalue weighted by atomic mass is 9.86. The molecule has 0 spiro atoms. The maximum Gasteiger partial charge on any atom is 0.307 e. The molecule has 1 heterocycles. The van der Waals surface area contributed by atoms with E-state index in [9.17, 15) is 18.3 Å². The van der Waals surface area contributed by atoms with Crippen molar-refractivity contribution in [3.63, 3.8) is 0 Å². The Hall–Kier alpha value is -1.36. The summed E-state index contributed by atoms with van der Waals surface area (Å²) in [6.07, 6.45) is 0.864. The van der Waals surface area contributed by atoms with E-state index in [4.69, 9.17) is 0 Å². The van der Waals surface area contributed by atoms with Crippen LogP contribution >= 0.6 is 0 Å². The van der Waals surface area contributed by atoms with E-state index in [-0.39, 0.29) is 17.4 Å². The highest BCUT2D eigenvalue weighted by Crippen LogP contribution is 2.28. The molecule has 1 fully saturated rings. The molecule has 2 atom stereocenters. The highest BCUT2D eigenvalue weighted by molar-refractivity contribution is 7.91. The van der Waals surface area contributed by atoms with Crippen molar-refractivity contribution in [1.29, 1.82) is 0 Å². The van der Waals surface area contributed by atoms with Crippen LogP contribution in [0.2, 0.25) is 0 Å². The molecule has 1 N–H and O–H groups in total. The van der Waals surface area contributed by atoms with Crippen LogP contribution < -0.4 is 0 Å². The summed E-state index contributed by atoms with van der Waals surface area (Å²) < 4.78 is 22.9. The summed E-state index contributed by atoms with van der Waals surface area (Å²) in [5.41, 5.74) is 0.939. The number of sulfone groups is 1. The van der Waals surface area contributed by atoms with Gasteiger partial charge in [-0.3, -0.25) is 4.79 Å². The lowest BCUT2D eigenvalue weighted by Gasteiger charge is -2.18. The number of rotatable bonds is 4. The van der Waals surface area contributed by atoms with Crippen LogP contribution in [0.3, 0.4) is 0 Å². The van der Waals surface area contributed by atoms with Crippen molar-refractivity contribution in [3.05, 3.63) is 35.9 Å². The Balaban J connectivity index is 2.13. The van der Waals surface area contributed by atoms with Gasteiger partial charge >= 0.3 is 5.97 Å². The van der Waals surface area contributed by atoms with E-state index in [0.717, 1.165) is 5.56 Å². The third-order valence-corrected chi connectivity index (χ3v) is 5.25. The van der Waals surface area contributed by atoms with E-state index < -0.39 is 21.7 Å². The zero-order chi connectivity index (χ0) is 13.2. The van der Waals surface area contributed by atoms with Crippen molar-refractivity contribution in [1.82, 2.24) is 0 Å². The summed E-state index contributed by atoms with van der Waals surface area (Å²) in [5, 5.41) is 9.27. The summed E-state index contributed by atoms with van der Waals surface area (Å²) in [7, 11) is -3.03. The second-order valence-electron chi connectivity index (χ2n) is 4.80. The molecule has 4 nitrogen and oxygen atoms in total. The number of benzene rings is 1. The van der Waals surface area contributed by atoms with Crippen molar-refractivity contribution in [2.75, 3.05) is 11.5 Å². The molecule has 0 aliphatic carbocycles. The molecule has 1 aromatic rings. The monoisotopic (exact) mass is 268 g/mol. The number of carboxylic acids is 1. The van der Waals surface area contributed by atoms with Crippen LogP contribution in [0.25, 0.3) is 0 Å². The molecule has 18 heavy (non-hydrogen) atoms. The van der Waals surface area contributed by atoms with E-state index in [1.807, 2.05) is 30.3 Å². The molecule has 98 valence electrons. The van der Waals surface area contributed by atoms with Crippen molar-refractivity contribution in [2.45, 2.75) is 12.8 Å². The van der Waals surface area contributed by atoms with Gasteiger partial charge < -0.3 is 5.11 Å². The van der Waals surface area contributed by atoms with Crippen molar-refractivity contribution < 1.29 is 18.3 Å². The average molecular weight is 268 g/mol. The van der Waals surface area contributed by atoms with E-state index in [2.05, 4.69) is 0 Å². The molecule has 1 saturated heterocycles. The summed E-state index contributed by atoms with van der Waals surface area (Å²) in [4.78, 5) is 11.3. The second-order valence-corrected chi connectivity index (χ2v) is 7.03. The largest absolute Gasteiger partial charge is 0.481 e. The summed E-state index contributed by atoms with van der Waals surface area (Å²) in [6.45, 7) is 0. The highest BCUT2D eigenvalue weighted by Gasteiger charge is 2.37. The van der Waals surface area contributed by atoms with Crippen molar-refractivity contribution in [3.8, 4) is 0 Å². The smallest absolute Gasteiger partial charge is 0.307 e. The molecule has 0 saturated carbocycles. The van der Waals surface area contributed by atoms with Gasteiger partial charge in [-0.05, 0) is 24.3 Å². The Labute approximate surface area is 107 Å². The molecular weight excluding hydrogens is 252 g/mol. The van der Waals surface area contributed by atoms with Crippen LogP contribution in [0, 0.1) is 11.8 Å². The van der Waals surface area contributed by atoms with Crippen molar-refractivity contribution in [2.24, 2.45) is 11.8 Å². The van der Waals surface area contributed by atoms with Gasteiger partial charge in [0.25, 0.3) is 0 Å². The lowest BCUT2D eigenvalue weighted by molar-refractivity contribution is -0.143. The number of aliphatic carboxylic acids is 1. The maximum absolute atomic E-state index is 11.4. The zero-order valence-electron chi connectivity index (χ0n) is 9.95. The highest BCUT2D eigenvalue weighted by atomic mass is 32.2. The van der Waals surface area contributed by atoms with Crippen LogP contribution in [0.4, 0.5) is 0 Å². The zero-order valence-corrected chi connectivity index (χ0v) is 10.8. The summed E-state index contributed by atoms with van der Waals surface area (Å²) in [5.74, 6) is -1.63. The van der Waals surface area contributed by atoms with E-state index in [0.29, 0.717) is 12.8 Å². The fraction of sp³-hybridized carbons (Fsp3) is 0.462. The minimum absolute atomic E-state index is 0.0107. The Morgan fingerprint density at radius 3 is 2.50 bits per heavy atom. The number of carbonyl (C=O) groups is 1. The standard InChI is InChI=1S/C13H16O4S/c14-13(15)12(8-10-4-2-1-3-5-10)11-6-7-18(16,17)9-11/h1-5,11-12H,6-9H2,(H,14,15). The third-order valence-electron chi connectivity index (χ3n) is 3.45. The number of carboxylic acid groups (broad SMARTS) is 1. The molecule has 1 aliphatic heterocycles. The minimum Gasteiger partial charge on any atom is -0.481 e. The first-order valence-corrected chi connectivity index (χ1v) is 7.77. The second kappa shape index (κ2) is 5.10. The molecule has 0 aromatic heterocycles. The summed E-state index contributed by atoms with van der Waals surface area (Å²) >= 11 is 0. The number of hydrogen-bond donors (Lipinski definition) is 1. The predicted molar refractivity (Wildman–Crippen MR) is 68.0 cm³/mol. The quantitative estimate of drug-likeness (QED) is 0.895. The van der Waals surface area contributed by atoms with E-state index >= 15 is 0 Å². The fourth-order valence-corrected chi connectivity index (χ4v) is 4.34. The predicted octanol–water partition coefficient (Wildman–Crippen LogP) is 1.36. The van der Waals surface area contributed by atoms with Crippen molar-refractivity contribution >= 4 is 15.8 Å². The van der Waals surface area contributed by atoms with Gasteiger partial charge in [0.1, 0.15) is 0 Å². The minimum atomic E-state index is -3.03. The van der Waals surface area contributed by atoms with Crippen LogP contribution in [0.1, 0.15) is 12.0 Å². The average Bonchev–Trinajstić information content (AvgIpc) is 2.67. The molecule has 5 heteroatoms. The Morgan fingerprint density at radius 1 is 1.33 bits per heavy atom. The van der Waals surface area contributed by atoms with Gasteiger partial charge in [-0.1, -0.05) is 30.3 Å². The van der Waals surface area contributed by atoms with Gasteiger partial charge in [0.2, 0.25) is 0 Å². The van der Waals surface area contributed by atoms with E-state index in [1.165, 1.54) is 0 Å². The fourth-order valence-electron chi connectivity index (χ4n) is 2.46. The van der Waals surface area contributed by atoms with E-state index in [1.54, 1.807) is 0 Å². The maximum atomic E-state index is 11.4.